The van der Waals surface area contributed by atoms with Gasteiger partial charge in [-0.1, -0.05) is 65.8 Å². The molecule has 1 N–H and O–H groups in total. The van der Waals surface area contributed by atoms with Gasteiger partial charge >= 0.3 is 0 Å². The lowest BCUT2D eigenvalue weighted by Crippen LogP contribution is -2.29. The molecular formula is C21H22N2O2. The normalized spacial score (nSPS) is 10.8. The highest BCUT2D eigenvalue weighted by molar-refractivity contribution is 5.77. The van der Waals surface area contributed by atoms with E-state index >= 15 is 0 Å². The Balaban J connectivity index is 1.73. The van der Waals surface area contributed by atoms with Gasteiger partial charge in [0.1, 0.15) is 5.76 Å². The molecule has 0 saturated heterocycles. The van der Waals surface area contributed by atoms with E-state index in [1.807, 2.05) is 74.5 Å². The molecule has 0 saturated carbocycles. The molecule has 3 aromatic rings. The third-order valence-corrected chi connectivity index (χ3v) is 4.35. The van der Waals surface area contributed by atoms with Crippen molar-refractivity contribution in [1.82, 2.24) is 10.5 Å². The number of rotatable bonds is 6. The van der Waals surface area contributed by atoms with E-state index in [4.69, 9.17) is 4.52 Å². The molecule has 0 unspecified atom stereocenters. The van der Waals surface area contributed by atoms with Gasteiger partial charge in [0.15, 0.2) is 0 Å². The Hall–Kier alpha value is -2.88. The summed E-state index contributed by atoms with van der Waals surface area (Å²) >= 11 is 0. The van der Waals surface area contributed by atoms with Crippen LogP contribution >= 0.6 is 0 Å². The van der Waals surface area contributed by atoms with Gasteiger partial charge < -0.3 is 9.84 Å². The van der Waals surface area contributed by atoms with Crippen LogP contribution in [0.4, 0.5) is 0 Å². The molecular weight excluding hydrogens is 312 g/mol. The first-order valence-corrected chi connectivity index (χ1v) is 8.46. The van der Waals surface area contributed by atoms with E-state index in [0.717, 1.165) is 28.1 Å². The zero-order valence-corrected chi connectivity index (χ0v) is 14.5. The van der Waals surface area contributed by atoms with Crippen LogP contribution in [0.1, 0.15) is 40.6 Å². The molecule has 0 bridgehead atoms. The molecule has 0 radical (unpaired) electrons. The maximum absolute atomic E-state index is 12.6. The first-order chi connectivity index (χ1) is 12.1. The van der Waals surface area contributed by atoms with Crippen LogP contribution in [0.5, 0.6) is 0 Å². The van der Waals surface area contributed by atoms with E-state index in [0.29, 0.717) is 12.8 Å². The Kier molecular flexibility index (Phi) is 5.29. The molecule has 128 valence electrons. The largest absolute Gasteiger partial charge is 0.361 e. The lowest BCUT2D eigenvalue weighted by molar-refractivity contribution is -0.121. The fourth-order valence-corrected chi connectivity index (χ4v) is 2.98. The maximum atomic E-state index is 12.6. The molecule has 0 aliphatic heterocycles. The lowest BCUT2D eigenvalue weighted by atomic mass is 9.98. The topological polar surface area (TPSA) is 55.1 Å². The molecule has 4 nitrogen and oxygen atoms in total. The van der Waals surface area contributed by atoms with Crippen molar-refractivity contribution in [2.45, 2.75) is 32.7 Å². The van der Waals surface area contributed by atoms with Crippen LogP contribution < -0.4 is 5.32 Å². The van der Waals surface area contributed by atoms with Gasteiger partial charge in [0, 0.05) is 12.0 Å². The SMILES string of the molecule is Cc1noc(C)c1CCC(=O)NC(c1ccccc1)c1ccccc1. The lowest BCUT2D eigenvalue weighted by Gasteiger charge is -2.20. The van der Waals surface area contributed by atoms with Crippen LogP contribution in [0, 0.1) is 13.8 Å². The Labute approximate surface area is 147 Å². The zero-order valence-electron chi connectivity index (χ0n) is 14.5. The predicted molar refractivity (Wildman–Crippen MR) is 97.2 cm³/mol. The third-order valence-electron chi connectivity index (χ3n) is 4.35. The summed E-state index contributed by atoms with van der Waals surface area (Å²) in [6.45, 7) is 3.78. The monoisotopic (exact) mass is 334 g/mol. The van der Waals surface area contributed by atoms with Crippen LogP contribution in [-0.4, -0.2) is 11.1 Å². The van der Waals surface area contributed by atoms with Crippen LogP contribution in [0.25, 0.3) is 0 Å². The van der Waals surface area contributed by atoms with Crippen molar-refractivity contribution in [3.05, 3.63) is 88.8 Å². The molecule has 2 aromatic carbocycles. The van der Waals surface area contributed by atoms with Crippen molar-refractivity contribution in [2.24, 2.45) is 0 Å². The summed E-state index contributed by atoms with van der Waals surface area (Å²) in [7, 11) is 0. The number of carbonyl (C=O) groups is 1. The van der Waals surface area contributed by atoms with Crippen molar-refractivity contribution in [2.75, 3.05) is 0 Å². The summed E-state index contributed by atoms with van der Waals surface area (Å²) in [6, 6.07) is 19.9. The van der Waals surface area contributed by atoms with Crippen LogP contribution in [-0.2, 0) is 11.2 Å². The average molecular weight is 334 g/mol. The van der Waals surface area contributed by atoms with Crippen molar-refractivity contribution in [3.63, 3.8) is 0 Å². The average Bonchev–Trinajstić information content (AvgIpc) is 2.97. The van der Waals surface area contributed by atoms with Crippen LogP contribution in [0.15, 0.2) is 65.2 Å². The van der Waals surface area contributed by atoms with Gasteiger partial charge in [-0.25, -0.2) is 0 Å². The number of benzene rings is 2. The molecule has 4 heteroatoms. The number of aryl methyl sites for hydroxylation is 2. The predicted octanol–water partition coefficient (Wildman–Crippen LogP) is 4.13. The van der Waals surface area contributed by atoms with Crippen molar-refractivity contribution in [1.29, 1.82) is 0 Å². The Morgan fingerprint density at radius 1 is 1.00 bits per heavy atom. The smallest absolute Gasteiger partial charge is 0.221 e. The number of amides is 1. The summed E-state index contributed by atoms with van der Waals surface area (Å²) in [6.07, 6.45) is 1.03. The Bertz CT molecular complexity index is 767. The summed E-state index contributed by atoms with van der Waals surface area (Å²) < 4.78 is 5.17. The maximum Gasteiger partial charge on any atom is 0.221 e. The summed E-state index contributed by atoms with van der Waals surface area (Å²) in [5, 5.41) is 7.10. The van der Waals surface area contributed by atoms with E-state index in [2.05, 4.69) is 10.5 Å². The molecule has 0 aliphatic carbocycles. The second-order valence-electron chi connectivity index (χ2n) is 6.12. The highest BCUT2D eigenvalue weighted by atomic mass is 16.5. The van der Waals surface area contributed by atoms with Crippen molar-refractivity contribution < 1.29 is 9.32 Å². The van der Waals surface area contributed by atoms with E-state index in [1.165, 1.54) is 0 Å². The van der Waals surface area contributed by atoms with Gasteiger partial charge in [-0.05, 0) is 31.4 Å². The molecule has 1 aromatic heterocycles. The van der Waals surface area contributed by atoms with Gasteiger partial charge in [0.25, 0.3) is 0 Å². The highest BCUT2D eigenvalue weighted by Gasteiger charge is 2.17. The number of carbonyl (C=O) groups excluding carboxylic acids is 1. The standard InChI is InChI=1S/C21H22N2O2/c1-15-19(16(2)25-23-15)13-14-20(24)22-21(17-9-5-3-6-10-17)18-11-7-4-8-12-18/h3-12,21H,13-14H2,1-2H3,(H,22,24). The van der Waals surface area contributed by atoms with Crippen LogP contribution in [0.3, 0.4) is 0 Å². The molecule has 0 spiro atoms. The van der Waals surface area contributed by atoms with Gasteiger partial charge in [0.05, 0.1) is 11.7 Å². The highest BCUT2D eigenvalue weighted by Crippen LogP contribution is 2.22. The van der Waals surface area contributed by atoms with Gasteiger partial charge in [-0.2, -0.15) is 0 Å². The minimum atomic E-state index is -0.153. The molecule has 0 fully saturated rings. The van der Waals surface area contributed by atoms with Gasteiger partial charge in [-0.15, -0.1) is 0 Å². The Morgan fingerprint density at radius 2 is 1.56 bits per heavy atom. The molecule has 25 heavy (non-hydrogen) atoms. The van der Waals surface area contributed by atoms with Crippen LogP contribution in [0.2, 0.25) is 0 Å². The molecule has 3 rings (SSSR count). The van der Waals surface area contributed by atoms with E-state index in [1.54, 1.807) is 0 Å². The molecule has 1 heterocycles. The van der Waals surface area contributed by atoms with Crippen molar-refractivity contribution in [3.8, 4) is 0 Å². The first kappa shape index (κ1) is 17.0. The first-order valence-electron chi connectivity index (χ1n) is 8.46. The van der Waals surface area contributed by atoms with Crippen molar-refractivity contribution >= 4 is 5.91 Å². The van der Waals surface area contributed by atoms with E-state index in [-0.39, 0.29) is 11.9 Å². The summed E-state index contributed by atoms with van der Waals surface area (Å²) in [4.78, 5) is 12.6. The van der Waals surface area contributed by atoms with Gasteiger partial charge in [-0.3, -0.25) is 4.79 Å². The number of nitrogens with zero attached hydrogens (tertiary/aromatic N) is 1. The fourth-order valence-electron chi connectivity index (χ4n) is 2.98. The second-order valence-corrected chi connectivity index (χ2v) is 6.12. The summed E-state index contributed by atoms with van der Waals surface area (Å²) in [5.41, 5.74) is 4.01. The summed E-state index contributed by atoms with van der Waals surface area (Å²) in [5.74, 6) is 0.797. The van der Waals surface area contributed by atoms with E-state index < -0.39 is 0 Å². The molecule has 0 aliphatic rings. The fraction of sp³-hybridized carbons (Fsp3) is 0.238. The second kappa shape index (κ2) is 7.79. The number of nitrogens with one attached hydrogen (secondary N) is 1. The quantitative estimate of drug-likeness (QED) is 0.737. The number of hydrogen-bond donors (Lipinski definition) is 1. The number of aromatic nitrogens is 1. The number of hydrogen-bond acceptors (Lipinski definition) is 3. The van der Waals surface area contributed by atoms with Gasteiger partial charge in [0.2, 0.25) is 5.91 Å². The minimum absolute atomic E-state index is 0.0118. The zero-order chi connectivity index (χ0) is 17.6. The molecule has 0 atom stereocenters. The minimum Gasteiger partial charge on any atom is -0.361 e. The molecule has 1 amide bonds. The van der Waals surface area contributed by atoms with E-state index in [9.17, 15) is 4.79 Å². The Morgan fingerprint density at radius 3 is 2.04 bits per heavy atom. The third kappa shape index (κ3) is 4.15.